The number of carbonyl (C=O) groups is 3. The second-order valence-electron chi connectivity index (χ2n) is 4.50. The van der Waals surface area contributed by atoms with E-state index in [-0.39, 0.29) is 31.8 Å². The number of carboxylic acids is 1. The molecule has 0 radical (unpaired) electrons. The van der Waals surface area contributed by atoms with Gasteiger partial charge in [-0.1, -0.05) is 0 Å². The molecule has 3 N–H and O–H groups in total. The van der Waals surface area contributed by atoms with Crippen LogP contribution in [0.5, 0.6) is 0 Å². The summed E-state index contributed by atoms with van der Waals surface area (Å²) in [6.07, 6.45) is 1.31. The number of hydrogen-bond donors (Lipinski definition) is 3. The molecule has 0 aromatic heterocycles. The second-order valence-corrected chi connectivity index (χ2v) is 6.76. The van der Waals surface area contributed by atoms with E-state index < -0.39 is 33.8 Å². The second kappa shape index (κ2) is 6.55. The number of nitrogens with one attached hydrogen (secondary N) is 2. The zero-order valence-corrected chi connectivity index (χ0v) is 11.8. The van der Waals surface area contributed by atoms with Crippen molar-refractivity contribution in [3.63, 3.8) is 0 Å². The molecule has 3 amide bonds. The van der Waals surface area contributed by atoms with E-state index in [4.69, 9.17) is 5.11 Å². The number of sulfone groups is 1. The molecule has 10 heteroatoms. The molecule has 0 aromatic carbocycles. The van der Waals surface area contributed by atoms with Crippen molar-refractivity contribution >= 4 is 27.7 Å². The maximum absolute atomic E-state index is 11.8. The first-order valence-electron chi connectivity index (χ1n) is 5.92. The van der Waals surface area contributed by atoms with Crippen LogP contribution in [-0.4, -0.2) is 74.0 Å². The maximum Gasteiger partial charge on any atom is 0.328 e. The van der Waals surface area contributed by atoms with Crippen LogP contribution >= 0.6 is 0 Å². The van der Waals surface area contributed by atoms with E-state index in [9.17, 15) is 22.8 Å². The summed E-state index contributed by atoms with van der Waals surface area (Å²) in [6.45, 7) is -0.393. The highest BCUT2D eigenvalue weighted by Crippen LogP contribution is 2.04. The van der Waals surface area contributed by atoms with Gasteiger partial charge in [0.25, 0.3) is 0 Å². The Labute approximate surface area is 116 Å². The largest absolute Gasteiger partial charge is 0.480 e. The predicted octanol–water partition coefficient (Wildman–Crippen LogP) is -1.98. The van der Waals surface area contributed by atoms with Crippen LogP contribution in [0.3, 0.4) is 0 Å². The normalized spacial score (nSPS) is 19.4. The molecule has 9 nitrogen and oxygen atoms in total. The summed E-state index contributed by atoms with van der Waals surface area (Å²) in [4.78, 5) is 34.9. The van der Waals surface area contributed by atoms with Gasteiger partial charge in [-0.2, -0.15) is 0 Å². The highest BCUT2D eigenvalue weighted by Gasteiger charge is 2.34. The third kappa shape index (κ3) is 5.03. The molecule has 1 atom stereocenters. The van der Waals surface area contributed by atoms with Gasteiger partial charge >= 0.3 is 12.0 Å². The molecular weight excluding hydrogens is 290 g/mol. The fourth-order valence-electron chi connectivity index (χ4n) is 1.71. The highest BCUT2D eigenvalue weighted by molar-refractivity contribution is 7.90. The summed E-state index contributed by atoms with van der Waals surface area (Å²) >= 11 is 0. The van der Waals surface area contributed by atoms with E-state index in [0.29, 0.717) is 0 Å². The minimum Gasteiger partial charge on any atom is -0.480 e. The molecule has 114 valence electrons. The van der Waals surface area contributed by atoms with Crippen LogP contribution in [0.2, 0.25) is 0 Å². The van der Waals surface area contributed by atoms with Gasteiger partial charge in [0.05, 0.1) is 5.75 Å². The number of rotatable bonds is 5. The summed E-state index contributed by atoms with van der Waals surface area (Å²) in [5.74, 6) is -1.72. The molecule has 1 unspecified atom stereocenters. The van der Waals surface area contributed by atoms with Crippen LogP contribution in [0.15, 0.2) is 0 Å². The Bertz CT molecular complexity index is 503. The molecule has 1 aliphatic rings. The lowest BCUT2D eigenvalue weighted by Gasteiger charge is -2.32. The van der Waals surface area contributed by atoms with Gasteiger partial charge in [-0.15, -0.1) is 0 Å². The highest BCUT2D eigenvalue weighted by atomic mass is 32.2. The average molecular weight is 307 g/mol. The van der Waals surface area contributed by atoms with Crippen molar-refractivity contribution in [3.8, 4) is 0 Å². The van der Waals surface area contributed by atoms with Crippen LogP contribution < -0.4 is 10.6 Å². The summed E-state index contributed by atoms with van der Waals surface area (Å²) in [5.41, 5.74) is 0. The van der Waals surface area contributed by atoms with Crippen LogP contribution in [-0.2, 0) is 19.4 Å². The van der Waals surface area contributed by atoms with Crippen molar-refractivity contribution in [2.75, 3.05) is 31.6 Å². The molecule has 1 heterocycles. The smallest absolute Gasteiger partial charge is 0.328 e. The van der Waals surface area contributed by atoms with Gasteiger partial charge in [0, 0.05) is 19.3 Å². The Morgan fingerprint density at radius 2 is 2.15 bits per heavy atom. The van der Waals surface area contributed by atoms with Gasteiger partial charge < -0.3 is 15.7 Å². The molecule has 1 fully saturated rings. The fraction of sp³-hybridized carbons (Fsp3) is 0.700. The number of amides is 3. The number of urea groups is 1. The molecule has 0 aromatic rings. The SMILES string of the molecule is CS(=O)(=O)CCCNC(=O)N1CC(=O)NCC1C(=O)O. The first-order chi connectivity index (χ1) is 9.20. The van der Waals surface area contributed by atoms with Gasteiger partial charge in [-0.3, -0.25) is 9.69 Å². The Kier molecular flexibility index (Phi) is 5.31. The number of nitrogens with zero attached hydrogens (tertiary/aromatic N) is 1. The fourth-order valence-corrected chi connectivity index (χ4v) is 2.38. The van der Waals surface area contributed by atoms with E-state index in [2.05, 4.69) is 10.6 Å². The van der Waals surface area contributed by atoms with Crippen LogP contribution in [0.25, 0.3) is 0 Å². The molecule has 1 aliphatic heterocycles. The quantitative estimate of drug-likeness (QED) is 0.504. The average Bonchev–Trinajstić information content (AvgIpc) is 2.32. The van der Waals surface area contributed by atoms with Crippen molar-refractivity contribution in [1.29, 1.82) is 0 Å². The van der Waals surface area contributed by atoms with Crippen LogP contribution in [0, 0.1) is 0 Å². The van der Waals surface area contributed by atoms with E-state index in [1.807, 2.05) is 0 Å². The minimum absolute atomic E-state index is 0.0733. The Balaban J connectivity index is 2.51. The molecule has 1 rings (SSSR count). The van der Waals surface area contributed by atoms with Crippen molar-refractivity contribution < 1.29 is 27.9 Å². The molecule has 1 saturated heterocycles. The van der Waals surface area contributed by atoms with Gasteiger partial charge in [-0.25, -0.2) is 18.0 Å². The lowest BCUT2D eigenvalue weighted by molar-refractivity contribution is -0.144. The molecule has 0 aliphatic carbocycles. The van der Waals surface area contributed by atoms with Crippen molar-refractivity contribution in [2.24, 2.45) is 0 Å². The molecule has 0 bridgehead atoms. The lowest BCUT2D eigenvalue weighted by Crippen LogP contribution is -2.61. The maximum atomic E-state index is 11.8. The summed E-state index contributed by atoms with van der Waals surface area (Å²) in [6, 6.07) is -1.82. The number of carboxylic acid groups (broad SMARTS) is 1. The third-order valence-electron chi connectivity index (χ3n) is 2.70. The number of carbonyl (C=O) groups excluding carboxylic acids is 2. The van der Waals surface area contributed by atoms with Gasteiger partial charge in [-0.05, 0) is 6.42 Å². The summed E-state index contributed by atoms with van der Waals surface area (Å²) in [5, 5.41) is 13.7. The predicted molar refractivity (Wildman–Crippen MR) is 68.9 cm³/mol. The topological polar surface area (TPSA) is 133 Å². The number of aliphatic carboxylic acids is 1. The van der Waals surface area contributed by atoms with Crippen LogP contribution in [0.1, 0.15) is 6.42 Å². The summed E-state index contributed by atoms with van der Waals surface area (Å²) in [7, 11) is -3.10. The van der Waals surface area contributed by atoms with Gasteiger partial charge in [0.2, 0.25) is 5.91 Å². The monoisotopic (exact) mass is 307 g/mol. The molecule has 0 spiro atoms. The third-order valence-corrected chi connectivity index (χ3v) is 3.73. The summed E-state index contributed by atoms with van der Waals surface area (Å²) < 4.78 is 21.8. The zero-order chi connectivity index (χ0) is 15.3. The van der Waals surface area contributed by atoms with E-state index >= 15 is 0 Å². The Morgan fingerprint density at radius 1 is 1.50 bits per heavy atom. The molecule has 0 saturated carbocycles. The van der Waals surface area contributed by atoms with Gasteiger partial charge in [0.1, 0.15) is 22.4 Å². The standard InChI is InChI=1S/C10H17N3O6S/c1-20(18,19)4-2-3-11-10(17)13-6-8(14)12-5-7(13)9(15)16/h7H,2-6H2,1H3,(H,11,17)(H,12,14)(H,15,16). The minimum atomic E-state index is -3.10. The van der Waals surface area contributed by atoms with Crippen LogP contribution in [0.4, 0.5) is 4.79 Å². The number of hydrogen-bond acceptors (Lipinski definition) is 5. The number of piperazine rings is 1. The molecule has 20 heavy (non-hydrogen) atoms. The van der Waals surface area contributed by atoms with Crippen molar-refractivity contribution in [2.45, 2.75) is 12.5 Å². The van der Waals surface area contributed by atoms with E-state index in [1.165, 1.54) is 0 Å². The molecular formula is C10H17N3O6S. The van der Waals surface area contributed by atoms with Crippen molar-refractivity contribution in [1.82, 2.24) is 15.5 Å². The first-order valence-corrected chi connectivity index (χ1v) is 7.98. The van der Waals surface area contributed by atoms with E-state index in [0.717, 1.165) is 11.2 Å². The Hall–Kier alpha value is -1.84. The van der Waals surface area contributed by atoms with Gasteiger partial charge in [0.15, 0.2) is 0 Å². The lowest BCUT2D eigenvalue weighted by atomic mass is 10.2. The Morgan fingerprint density at radius 3 is 2.70 bits per heavy atom. The van der Waals surface area contributed by atoms with Crippen molar-refractivity contribution in [3.05, 3.63) is 0 Å². The zero-order valence-electron chi connectivity index (χ0n) is 11.0. The van der Waals surface area contributed by atoms with E-state index in [1.54, 1.807) is 0 Å². The first kappa shape index (κ1) is 16.2.